The molecule has 0 aromatic carbocycles. The molecule has 1 atom stereocenters. The largest absolute Gasteiger partial charge is 0.480 e. The number of carboxylic acid groups (broad SMARTS) is 1. The summed E-state index contributed by atoms with van der Waals surface area (Å²) in [5, 5.41) is 12.6. The minimum atomic E-state index is -0.737. The van der Waals surface area contributed by atoms with Crippen molar-refractivity contribution in [3.8, 4) is 0 Å². The number of likely N-dealkylation sites (N-methyl/N-ethyl adjacent to an activating group) is 1. The Hall–Kier alpha value is -0.610. The fourth-order valence-corrected chi connectivity index (χ4v) is 2.46. The topological polar surface area (TPSA) is 52.6 Å². The van der Waals surface area contributed by atoms with Crippen molar-refractivity contribution in [1.82, 2.24) is 10.2 Å². The van der Waals surface area contributed by atoms with Gasteiger partial charge in [0.15, 0.2) is 0 Å². The maximum absolute atomic E-state index is 11.5. The molecule has 0 bridgehead atoms. The predicted molar refractivity (Wildman–Crippen MR) is 80.6 cm³/mol. The molecule has 0 aromatic heterocycles. The van der Waals surface area contributed by atoms with Gasteiger partial charge in [-0.1, -0.05) is 33.6 Å². The van der Waals surface area contributed by atoms with Crippen LogP contribution < -0.4 is 5.32 Å². The van der Waals surface area contributed by atoms with Crippen LogP contribution in [-0.4, -0.2) is 48.2 Å². The van der Waals surface area contributed by atoms with E-state index in [1.165, 1.54) is 19.3 Å². The van der Waals surface area contributed by atoms with Crippen molar-refractivity contribution in [2.24, 2.45) is 0 Å². The van der Waals surface area contributed by atoms with Gasteiger partial charge in [0.05, 0.1) is 0 Å². The molecule has 4 nitrogen and oxygen atoms in total. The molecular weight excluding hydrogens is 240 g/mol. The second-order valence-electron chi connectivity index (χ2n) is 5.39. The summed E-state index contributed by atoms with van der Waals surface area (Å²) in [5.41, 5.74) is -0.737. The summed E-state index contributed by atoms with van der Waals surface area (Å²) in [4.78, 5) is 13.8. The van der Waals surface area contributed by atoms with Gasteiger partial charge < -0.3 is 15.3 Å². The second kappa shape index (κ2) is 10.2. The molecule has 114 valence electrons. The van der Waals surface area contributed by atoms with E-state index in [-0.39, 0.29) is 0 Å². The van der Waals surface area contributed by atoms with Crippen molar-refractivity contribution in [3.63, 3.8) is 0 Å². The molecule has 0 saturated carbocycles. The number of carboxylic acids is 1. The molecule has 19 heavy (non-hydrogen) atoms. The van der Waals surface area contributed by atoms with Gasteiger partial charge in [-0.05, 0) is 52.4 Å². The molecule has 4 heteroatoms. The lowest BCUT2D eigenvalue weighted by Gasteiger charge is -2.30. The van der Waals surface area contributed by atoms with E-state index < -0.39 is 11.5 Å². The fraction of sp³-hybridized carbons (Fsp3) is 0.933. The highest BCUT2D eigenvalue weighted by Gasteiger charge is 2.34. The smallest absolute Gasteiger partial charge is 0.323 e. The van der Waals surface area contributed by atoms with Gasteiger partial charge in [0.2, 0.25) is 0 Å². The Balaban J connectivity index is 4.08. The molecule has 0 fully saturated rings. The van der Waals surface area contributed by atoms with Crippen molar-refractivity contribution < 1.29 is 9.90 Å². The van der Waals surface area contributed by atoms with Gasteiger partial charge in [-0.3, -0.25) is 4.79 Å². The van der Waals surface area contributed by atoms with Gasteiger partial charge in [-0.15, -0.1) is 0 Å². The first-order valence-electron chi connectivity index (χ1n) is 7.69. The number of rotatable bonds is 12. The van der Waals surface area contributed by atoms with E-state index in [0.717, 1.165) is 19.5 Å². The number of carbonyl (C=O) groups is 1. The van der Waals surface area contributed by atoms with Crippen LogP contribution in [0, 0.1) is 0 Å². The Kier molecular flexibility index (Phi) is 9.88. The van der Waals surface area contributed by atoms with Gasteiger partial charge >= 0.3 is 5.97 Å². The highest BCUT2D eigenvalue weighted by molar-refractivity contribution is 5.78. The standard InChI is InChI=1S/C15H32N2O2/c1-5-8-9-12-17(4)13-10-11-15(6-2,14(18)19)16-7-3/h16H,5-13H2,1-4H3,(H,18,19). The maximum Gasteiger partial charge on any atom is 0.323 e. The van der Waals surface area contributed by atoms with Gasteiger partial charge in [-0.2, -0.15) is 0 Å². The molecule has 0 amide bonds. The molecule has 0 saturated heterocycles. The van der Waals surface area contributed by atoms with Crippen molar-refractivity contribution in [1.29, 1.82) is 0 Å². The van der Waals surface area contributed by atoms with Crippen LogP contribution >= 0.6 is 0 Å². The van der Waals surface area contributed by atoms with Crippen molar-refractivity contribution in [2.45, 2.75) is 64.8 Å². The van der Waals surface area contributed by atoms with Crippen LogP contribution in [0.25, 0.3) is 0 Å². The second-order valence-corrected chi connectivity index (χ2v) is 5.39. The zero-order valence-electron chi connectivity index (χ0n) is 13.2. The van der Waals surface area contributed by atoms with E-state index in [4.69, 9.17) is 0 Å². The van der Waals surface area contributed by atoms with E-state index in [2.05, 4.69) is 24.2 Å². The van der Waals surface area contributed by atoms with Gasteiger partial charge in [0, 0.05) is 0 Å². The Morgan fingerprint density at radius 3 is 2.26 bits per heavy atom. The minimum Gasteiger partial charge on any atom is -0.480 e. The molecule has 0 radical (unpaired) electrons. The summed E-state index contributed by atoms with van der Waals surface area (Å²) in [6.45, 7) is 8.91. The first kappa shape index (κ1) is 18.4. The van der Waals surface area contributed by atoms with Gasteiger partial charge in [-0.25, -0.2) is 0 Å². The highest BCUT2D eigenvalue weighted by Crippen LogP contribution is 2.18. The van der Waals surface area contributed by atoms with Gasteiger partial charge in [0.1, 0.15) is 5.54 Å². The van der Waals surface area contributed by atoms with E-state index in [9.17, 15) is 9.90 Å². The Morgan fingerprint density at radius 2 is 1.79 bits per heavy atom. The van der Waals surface area contributed by atoms with Crippen molar-refractivity contribution >= 4 is 5.97 Å². The first-order valence-corrected chi connectivity index (χ1v) is 7.69. The predicted octanol–water partition coefficient (Wildman–Crippen LogP) is 2.73. The number of nitrogens with one attached hydrogen (secondary N) is 1. The summed E-state index contributed by atoms with van der Waals surface area (Å²) in [6.07, 6.45) is 6.01. The van der Waals surface area contributed by atoms with Crippen LogP contribution in [0.1, 0.15) is 59.3 Å². The lowest BCUT2D eigenvalue weighted by molar-refractivity contribution is -0.145. The third-order valence-corrected chi connectivity index (χ3v) is 3.81. The number of unbranched alkanes of at least 4 members (excludes halogenated alkanes) is 2. The average Bonchev–Trinajstić information content (AvgIpc) is 2.37. The summed E-state index contributed by atoms with van der Waals surface area (Å²) < 4.78 is 0. The molecule has 0 rings (SSSR count). The molecule has 2 N–H and O–H groups in total. The molecule has 0 aliphatic heterocycles. The molecule has 0 aliphatic rings. The van der Waals surface area contributed by atoms with E-state index >= 15 is 0 Å². The quantitative estimate of drug-likeness (QED) is 0.536. The Morgan fingerprint density at radius 1 is 1.16 bits per heavy atom. The Labute approximate surface area is 118 Å². The lowest BCUT2D eigenvalue weighted by atomic mass is 9.90. The van der Waals surface area contributed by atoms with Crippen molar-refractivity contribution in [2.75, 3.05) is 26.7 Å². The van der Waals surface area contributed by atoms with E-state index in [0.29, 0.717) is 19.4 Å². The summed E-state index contributed by atoms with van der Waals surface area (Å²) in [7, 11) is 2.12. The van der Waals surface area contributed by atoms with Crippen molar-refractivity contribution in [3.05, 3.63) is 0 Å². The molecule has 0 heterocycles. The van der Waals surface area contributed by atoms with Crippen LogP contribution in [0.3, 0.4) is 0 Å². The molecule has 0 aromatic rings. The van der Waals surface area contributed by atoms with Gasteiger partial charge in [0.25, 0.3) is 0 Å². The third kappa shape index (κ3) is 6.92. The third-order valence-electron chi connectivity index (χ3n) is 3.81. The van der Waals surface area contributed by atoms with Crippen LogP contribution in [0.5, 0.6) is 0 Å². The van der Waals surface area contributed by atoms with Crippen LogP contribution in [0.4, 0.5) is 0 Å². The number of hydrogen-bond acceptors (Lipinski definition) is 3. The lowest BCUT2D eigenvalue weighted by Crippen LogP contribution is -2.51. The average molecular weight is 272 g/mol. The summed E-state index contributed by atoms with van der Waals surface area (Å²) in [6, 6.07) is 0. The van der Waals surface area contributed by atoms with Crippen LogP contribution in [-0.2, 0) is 4.79 Å². The molecule has 0 spiro atoms. The fourth-order valence-electron chi connectivity index (χ4n) is 2.46. The zero-order chi connectivity index (χ0) is 14.7. The molecule has 0 aliphatic carbocycles. The number of hydrogen-bond donors (Lipinski definition) is 2. The minimum absolute atomic E-state index is 0.635. The summed E-state index contributed by atoms with van der Waals surface area (Å²) in [5.74, 6) is -0.717. The Bertz CT molecular complexity index is 246. The number of nitrogens with zero attached hydrogens (tertiary/aromatic N) is 1. The van der Waals surface area contributed by atoms with Crippen LogP contribution in [0.15, 0.2) is 0 Å². The normalized spacial score (nSPS) is 14.6. The summed E-state index contributed by atoms with van der Waals surface area (Å²) >= 11 is 0. The molecule has 1 unspecified atom stereocenters. The zero-order valence-corrected chi connectivity index (χ0v) is 13.2. The monoisotopic (exact) mass is 272 g/mol. The van der Waals surface area contributed by atoms with E-state index in [1.54, 1.807) is 0 Å². The van der Waals surface area contributed by atoms with Crippen LogP contribution in [0.2, 0.25) is 0 Å². The first-order chi connectivity index (χ1) is 9.02. The SMILES string of the molecule is CCCCCN(C)CCCC(CC)(NCC)C(=O)O. The molecular formula is C15H32N2O2. The maximum atomic E-state index is 11.5. The highest BCUT2D eigenvalue weighted by atomic mass is 16.4. The number of aliphatic carboxylic acids is 1. The van der Waals surface area contributed by atoms with E-state index in [1.807, 2.05) is 13.8 Å².